The van der Waals surface area contributed by atoms with Gasteiger partial charge in [-0.25, -0.2) is 0 Å². The van der Waals surface area contributed by atoms with Crippen molar-refractivity contribution in [2.75, 3.05) is 13.7 Å². The third-order valence-electron chi connectivity index (χ3n) is 2.90. The Morgan fingerprint density at radius 1 is 1.32 bits per heavy atom. The molecule has 0 aromatic heterocycles. The molecule has 0 fully saturated rings. The molecule has 1 rings (SSSR count). The number of rotatable bonds is 4. The van der Waals surface area contributed by atoms with Crippen LogP contribution in [0.25, 0.3) is 0 Å². The van der Waals surface area contributed by atoms with E-state index in [1.54, 1.807) is 26.0 Å². The Morgan fingerprint density at radius 2 is 1.84 bits per heavy atom. The van der Waals surface area contributed by atoms with Gasteiger partial charge in [0.2, 0.25) is 0 Å². The Morgan fingerprint density at radius 3 is 2.26 bits per heavy atom. The molecule has 0 amide bonds. The zero-order chi connectivity index (χ0) is 14.6. The van der Waals surface area contributed by atoms with Crippen LogP contribution in [0.4, 0.5) is 0 Å². The fourth-order valence-electron chi connectivity index (χ4n) is 1.83. The third-order valence-corrected chi connectivity index (χ3v) is 2.90. The smallest absolute Gasteiger partial charge is 0.314 e. The van der Waals surface area contributed by atoms with Crippen molar-refractivity contribution in [3.63, 3.8) is 0 Å². The average molecular weight is 261 g/mol. The molecule has 0 heterocycles. The molecule has 0 N–H and O–H groups in total. The molecule has 0 bridgehead atoms. The zero-order valence-corrected chi connectivity index (χ0v) is 12.0. The number of ether oxygens (including phenoxy) is 2. The van der Waals surface area contributed by atoms with E-state index in [9.17, 15) is 4.79 Å². The van der Waals surface area contributed by atoms with Gasteiger partial charge in [0.15, 0.2) is 0 Å². The Kier molecular flexibility index (Phi) is 4.55. The van der Waals surface area contributed by atoms with Gasteiger partial charge in [0.1, 0.15) is 12.4 Å². The summed E-state index contributed by atoms with van der Waals surface area (Å²) < 4.78 is 10.5. The normalized spacial score (nSPS) is 10.7. The van der Waals surface area contributed by atoms with Crippen LogP contribution in [0.3, 0.4) is 0 Å². The first-order valence-electron chi connectivity index (χ1n) is 6.04. The van der Waals surface area contributed by atoms with E-state index in [2.05, 4.69) is 6.07 Å². The van der Waals surface area contributed by atoms with Crippen molar-refractivity contribution >= 4 is 5.97 Å². The predicted molar refractivity (Wildman–Crippen MR) is 71.9 cm³/mol. The molecule has 4 nitrogen and oxygen atoms in total. The molecule has 0 aliphatic carbocycles. The van der Waals surface area contributed by atoms with E-state index in [0.29, 0.717) is 5.56 Å². The van der Waals surface area contributed by atoms with Gasteiger partial charge in [0.25, 0.3) is 0 Å². The Labute approximate surface area is 113 Å². The number of aryl methyl sites for hydroxylation is 2. The van der Waals surface area contributed by atoms with Crippen molar-refractivity contribution in [3.8, 4) is 11.8 Å². The number of nitrogens with zero attached hydrogens (tertiary/aromatic N) is 1. The number of benzene rings is 1. The number of carbonyl (C=O) groups excluding carboxylic acids is 1. The van der Waals surface area contributed by atoms with Crippen LogP contribution in [0.15, 0.2) is 12.1 Å². The summed E-state index contributed by atoms with van der Waals surface area (Å²) >= 11 is 0. The third kappa shape index (κ3) is 3.47. The first kappa shape index (κ1) is 15.0. The first-order valence-corrected chi connectivity index (χ1v) is 6.04. The van der Waals surface area contributed by atoms with Gasteiger partial charge in [-0.1, -0.05) is 0 Å². The summed E-state index contributed by atoms with van der Waals surface area (Å²) in [5.74, 6) is 0.410. The van der Waals surface area contributed by atoms with Gasteiger partial charge < -0.3 is 9.47 Å². The molecule has 1 aromatic rings. The van der Waals surface area contributed by atoms with Crippen molar-refractivity contribution in [1.29, 1.82) is 5.26 Å². The molecule has 0 radical (unpaired) electrons. The summed E-state index contributed by atoms with van der Waals surface area (Å²) in [5, 5.41) is 8.89. The van der Waals surface area contributed by atoms with E-state index in [1.807, 2.05) is 13.8 Å². The molecule has 0 aliphatic rings. The van der Waals surface area contributed by atoms with E-state index in [1.165, 1.54) is 7.11 Å². The van der Waals surface area contributed by atoms with Crippen molar-refractivity contribution in [2.45, 2.75) is 27.7 Å². The maximum Gasteiger partial charge on any atom is 0.314 e. The van der Waals surface area contributed by atoms with Crippen LogP contribution in [-0.4, -0.2) is 19.7 Å². The SMILES string of the molecule is COC(=O)C(C)(C)COc1c(C)cc(C#N)cc1C. The van der Waals surface area contributed by atoms with E-state index in [0.717, 1.165) is 16.9 Å². The van der Waals surface area contributed by atoms with Gasteiger partial charge in [0.05, 0.1) is 24.2 Å². The predicted octanol–water partition coefficient (Wildman–Crippen LogP) is 2.75. The summed E-state index contributed by atoms with van der Waals surface area (Å²) in [6.07, 6.45) is 0. The van der Waals surface area contributed by atoms with Crippen LogP contribution >= 0.6 is 0 Å². The molecule has 0 aliphatic heterocycles. The Hall–Kier alpha value is -2.02. The highest BCUT2D eigenvalue weighted by Crippen LogP contribution is 2.27. The lowest BCUT2D eigenvalue weighted by Gasteiger charge is -2.23. The number of hydrogen-bond acceptors (Lipinski definition) is 4. The second-order valence-corrected chi connectivity index (χ2v) is 5.22. The lowest BCUT2D eigenvalue weighted by atomic mass is 9.95. The summed E-state index contributed by atoms with van der Waals surface area (Å²) in [7, 11) is 1.36. The average Bonchev–Trinajstić information content (AvgIpc) is 2.36. The molecule has 0 spiro atoms. The molecule has 4 heteroatoms. The fraction of sp³-hybridized carbons (Fsp3) is 0.467. The molecule has 0 saturated heterocycles. The summed E-state index contributed by atoms with van der Waals surface area (Å²) in [5.41, 5.74) is 1.67. The maximum atomic E-state index is 11.6. The van der Waals surface area contributed by atoms with Crippen molar-refractivity contribution in [2.24, 2.45) is 5.41 Å². The zero-order valence-electron chi connectivity index (χ0n) is 12.0. The first-order chi connectivity index (χ1) is 8.81. The standard InChI is InChI=1S/C15H19NO3/c1-10-6-12(8-16)7-11(2)13(10)19-9-15(3,4)14(17)18-5/h6-7H,9H2,1-5H3. The van der Waals surface area contributed by atoms with Crippen LogP contribution in [0.2, 0.25) is 0 Å². The second kappa shape index (κ2) is 5.75. The van der Waals surface area contributed by atoms with Gasteiger partial charge in [0, 0.05) is 0 Å². The van der Waals surface area contributed by atoms with Gasteiger partial charge in [-0.05, 0) is 51.0 Å². The maximum absolute atomic E-state index is 11.6. The van der Waals surface area contributed by atoms with Crippen molar-refractivity contribution in [1.82, 2.24) is 0 Å². The van der Waals surface area contributed by atoms with Gasteiger partial charge in [-0.2, -0.15) is 5.26 Å². The molecule has 1 aromatic carbocycles. The van der Waals surface area contributed by atoms with E-state index < -0.39 is 5.41 Å². The van der Waals surface area contributed by atoms with E-state index >= 15 is 0 Å². The van der Waals surface area contributed by atoms with Crippen LogP contribution < -0.4 is 4.74 Å². The topological polar surface area (TPSA) is 59.3 Å². The molecule has 19 heavy (non-hydrogen) atoms. The second-order valence-electron chi connectivity index (χ2n) is 5.22. The molecule has 102 valence electrons. The van der Waals surface area contributed by atoms with Crippen molar-refractivity contribution in [3.05, 3.63) is 28.8 Å². The summed E-state index contributed by atoms with van der Waals surface area (Å²) in [6, 6.07) is 5.65. The van der Waals surface area contributed by atoms with Crippen molar-refractivity contribution < 1.29 is 14.3 Å². The number of hydrogen-bond donors (Lipinski definition) is 0. The minimum absolute atomic E-state index is 0.229. The Bertz CT molecular complexity index is 504. The quantitative estimate of drug-likeness (QED) is 0.782. The fourth-order valence-corrected chi connectivity index (χ4v) is 1.83. The molecular formula is C15H19NO3. The van der Waals surface area contributed by atoms with Crippen LogP contribution in [0.1, 0.15) is 30.5 Å². The number of methoxy groups -OCH3 is 1. The number of nitriles is 1. The van der Waals surface area contributed by atoms with E-state index in [-0.39, 0.29) is 12.6 Å². The number of esters is 1. The largest absolute Gasteiger partial charge is 0.492 e. The highest BCUT2D eigenvalue weighted by atomic mass is 16.5. The van der Waals surface area contributed by atoms with Crippen LogP contribution in [-0.2, 0) is 9.53 Å². The number of carbonyl (C=O) groups is 1. The monoisotopic (exact) mass is 261 g/mol. The molecule has 0 atom stereocenters. The molecular weight excluding hydrogens is 242 g/mol. The minimum Gasteiger partial charge on any atom is -0.492 e. The van der Waals surface area contributed by atoms with Crippen LogP contribution in [0, 0.1) is 30.6 Å². The highest BCUT2D eigenvalue weighted by molar-refractivity contribution is 5.75. The van der Waals surface area contributed by atoms with Gasteiger partial charge in [-0.15, -0.1) is 0 Å². The minimum atomic E-state index is -0.707. The highest BCUT2D eigenvalue weighted by Gasteiger charge is 2.30. The summed E-state index contributed by atoms with van der Waals surface area (Å²) in [6.45, 7) is 7.54. The lowest BCUT2D eigenvalue weighted by Crippen LogP contribution is -2.32. The lowest BCUT2D eigenvalue weighted by molar-refractivity contribution is -0.152. The summed E-state index contributed by atoms with van der Waals surface area (Å²) in [4.78, 5) is 11.6. The van der Waals surface area contributed by atoms with E-state index in [4.69, 9.17) is 14.7 Å². The molecule has 0 saturated carbocycles. The van der Waals surface area contributed by atoms with Gasteiger partial charge in [-0.3, -0.25) is 4.79 Å². The van der Waals surface area contributed by atoms with Crippen LogP contribution in [0.5, 0.6) is 5.75 Å². The Balaban J connectivity index is 2.91. The molecule has 0 unspecified atom stereocenters. The van der Waals surface area contributed by atoms with Gasteiger partial charge >= 0.3 is 5.97 Å².